The van der Waals surface area contributed by atoms with Crippen LogP contribution in [0.15, 0.2) is 0 Å². The van der Waals surface area contributed by atoms with Gasteiger partial charge in [-0.15, -0.1) is 0 Å². The molecule has 7 nitrogen and oxygen atoms in total. The molecule has 0 unspecified atom stereocenters. The van der Waals surface area contributed by atoms with E-state index in [1.165, 1.54) is 0 Å². The predicted octanol–water partition coefficient (Wildman–Crippen LogP) is -0.272. The van der Waals surface area contributed by atoms with E-state index in [-0.39, 0.29) is 0 Å². The summed E-state index contributed by atoms with van der Waals surface area (Å²) in [5.74, 6) is -3.25. The van der Waals surface area contributed by atoms with E-state index in [4.69, 9.17) is 33.9 Å². The van der Waals surface area contributed by atoms with Crippen molar-refractivity contribution in [1.82, 2.24) is 0 Å². The Labute approximate surface area is 88.6 Å². The molecule has 3 N–H and O–H groups in total. The number of carboxylic acid groups (broad SMARTS) is 3. The van der Waals surface area contributed by atoms with Gasteiger partial charge in [0.1, 0.15) is 0 Å². The predicted molar refractivity (Wildman–Crippen MR) is 40.7 cm³/mol. The fourth-order valence-electron chi connectivity index (χ4n) is 0. The fourth-order valence-corrected chi connectivity index (χ4v) is 0. The number of hydrogen-bond acceptors (Lipinski definition) is 4. The van der Waals surface area contributed by atoms with Crippen LogP contribution in [0.25, 0.3) is 0 Å². The van der Waals surface area contributed by atoms with Gasteiger partial charge in [0.2, 0.25) is 0 Å². The molecule has 0 aromatic rings. The fraction of sp³-hybridized carbons (Fsp3) is 0. The molecule has 0 saturated heterocycles. The summed E-state index contributed by atoms with van der Waals surface area (Å²) < 4.78 is 6.69. The van der Waals surface area contributed by atoms with Crippen molar-refractivity contribution in [3.63, 3.8) is 0 Å². The van der Waals surface area contributed by atoms with Gasteiger partial charge in [-0.1, -0.05) is 0 Å². The molecule has 0 aromatic heterocycles. The molecule has 0 aliphatic carbocycles. The minimum absolute atomic E-state index is 1.08. The number of hydrogen-bond donors (Lipinski definition) is 3. The van der Waals surface area contributed by atoms with E-state index >= 15 is 0 Å². The maximum atomic E-state index is 8.89. The van der Waals surface area contributed by atoms with Crippen LogP contribution in [-0.4, -0.2) is 33.2 Å². The van der Waals surface area contributed by atoms with Crippen molar-refractivity contribution < 1.29 is 45.1 Å². The number of aliphatic carboxylic acids is 3. The van der Waals surface area contributed by atoms with Gasteiger partial charge in [-0.25, -0.2) is 0 Å². The Kier molecular flexibility index (Phi) is 36.6. The first-order valence-electron chi connectivity index (χ1n) is 2.49. The molecule has 8 heteroatoms. The summed E-state index contributed by atoms with van der Waals surface area (Å²) in [5.41, 5.74) is 0. The van der Waals surface area contributed by atoms with E-state index in [1.54, 1.807) is 0 Å². The first kappa shape index (κ1) is 22.8. The van der Waals surface area contributed by atoms with Crippen molar-refractivity contribution >= 4 is 17.9 Å². The monoisotopic (exact) mass is 250 g/mol. The van der Waals surface area contributed by atoms with Gasteiger partial charge < -0.3 is 15.3 Å². The molecule has 0 radical (unpaired) electrons. The van der Waals surface area contributed by atoms with E-state index < -0.39 is 17.9 Å². The minimum atomic E-state index is -1.08. The van der Waals surface area contributed by atoms with Gasteiger partial charge in [-0.2, -0.15) is 0 Å². The molecule has 0 heterocycles. The summed E-state index contributed by atoms with van der Waals surface area (Å²) in [6.07, 6.45) is 0. The summed E-state index contributed by atoms with van der Waals surface area (Å²) in [4.78, 5) is 26.7. The Morgan fingerprint density at radius 3 is 0.786 bits per heavy atom. The number of carboxylic acids is 3. The summed E-state index contributed by atoms with van der Waals surface area (Å²) in [6, 6.07) is 0. The molecule has 0 aliphatic rings. The van der Waals surface area contributed by atoms with E-state index in [0.717, 1.165) is 0 Å². The summed E-state index contributed by atoms with van der Waals surface area (Å²) in [6.45, 7) is 7.67. The van der Waals surface area contributed by atoms with Gasteiger partial charge in [0.15, 0.2) is 17.9 Å². The second kappa shape index (κ2) is 22.5. The van der Waals surface area contributed by atoms with Gasteiger partial charge in [-0.05, 0) is 0 Å². The topological polar surface area (TPSA) is 136 Å². The molecule has 0 aliphatic heterocycles. The van der Waals surface area contributed by atoms with E-state index in [2.05, 4.69) is 36.1 Å². The van der Waals surface area contributed by atoms with Crippen molar-refractivity contribution in [2.24, 2.45) is 0 Å². The zero-order valence-corrected chi connectivity index (χ0v) is 8.01. The van der Waals surface area contributed by atoms with E-state index in [1.807, 2.05) is 0 Å². The van der Waals surface area contributed by atoms with Gasteiger partial charge in [0.25, 0.3) is 0 Å². The molecular formula is C6H9CoNO6-3. The van der Waals surface area contributed by atoms with Crippen molar-refractivity contribution in [3.8, 4) is 0 Å². The van der Waals surface area contributed by atoms with Crippen LogP contribution in [0.4, 0.5) is 0 Å². The van der Waals surface area contributed by atoms with Crippen LogP contribution >= 0.6 is 0 Å². The Morgan fingerprint density at radius 2 is 0.786 bits per heavy atom. The van der Waals surface area contributed by atoms with Gasteiger partial charge >= 0.3 is 19.6 Å². The third-order valence-corrected chi connectivity index (χ3v) is 0. The summed E-state index contributed by atoms with van der Waals surface area (Å²) >= 11 is 2.56. The SMILES string of the molecule is [CH2-]C(=O)O.[CH2-]C(=O)O.[CH2-]C(=O)O.[N]#[Co]. The second-order valence-electron chi connectivity index (χ2n) is 1.18. The molecule has 86 valence electrons. The average Bonchev–Trinajstić information content (AvgIpc) is 1.86. The zero-order valence-electron chi connectivity index (χ0n) is 6.97. The van der Waals surface area contributed by atoms with Crippen LogP contribution in [0.2, 0.25) is 0 Å². The van der Waals surface area contributed by atoms with Crippen LogP contribution in [0.5, 0.6) is 0 Å². The molecule has 0 atom stereocenters. The Hall–Kier alpha value is -1.76. The van der Waals surface area contributed by atoms with Crippen molar-refractivity contribution in [2.75, 3.05) is 0 Å². The van der Waals surface area contributed by atoms with Gasteiger partial charge in [0.05, 0.1) is 0 Å². The van der Waals surface area contributed by atoms with Crippen LogP contribution in [0.3, 0.4) is 0 Å². The zero-order chi connectivity index (χ0) is 12.7. The third kappa shape index (κ3) is 281. The average molecular weight is 250 g/mol. The molecule has 0 aromatic carbocycles. The summed E-state index contributed by atoms with van der Waals surface area (Å²) in [7, 11) is 0. The quantitative estimate of drug-likeness (QED) is 0.503. The Balaban J connectivity index is -0.0000000492. The molecule has 0 spiro atoms. The number of nitrogens with zero attached hydrogens (tertiary/aromatic N) is 1. The molecule has 0 rings (SSSR count). The molecule has 0 fully saturated rings. The first-order chi connectivity index (χ1) is 6.20. The van der Waals surface area contributed by atoms with Crippen LogP contribution in [0, 0.1) is 25.0 Å². The van der Waals surface area contributed by atoms with Gasteiger partial charge in [-0.3, -0.25) is 35.2 Å². The Bertz CT molecular complexity index is 149. The van der Waals surface area contributed by atoms with Crippen LogP contribution in [-0.2, 0) is 29.8 Å². The van der Waals surface area contributed by atoms with E-state index in [0.29, 0.717) is 0 Å². The molecule has 0 bridgehead atoms. The first-order valence-corrected chi connectivity index (χ1v) is 2.96. The second-order valence-corrected chi connectivity index (χ2v) is 1.18. The van der Waals surface area contributed by atoms with E-state index in [9.17, 15) is 0 Å². The normalized spacial score (nSPS) is 5.43. The molecular weight excluding hydrogens is 241 g/mol. The molecule has 14 heavy (non-hydrogen) atoms. The van der Waals surface area contributed by atoms with Crippen molar-refractivity contribution in [2.45, 2.75) is 0 Å². The third-order valence-electron chi connectivity index (χ3n) is 0. The number of rotatable bonds is 0. The van der Waals surface area contributed by atoms with Crippen LogP contribution < -0.4 is 0 Å². The Morgan fingerprint density at radius 1 is 0.786 bits per heavy atom. The van der Waals surface area contributed by atoms with Crippen molar-refractivity contribution in [1.29, 1.82) is 4.23 Å². The number of carbonyl (C=O) groups is 3. The maximum absolute atomic E-state index is 8.89. The van der Waals surface area contributed by atoms with Crippen LogP contribution in [0.1, 0.15) is 0 Å². The molecule has 0 amide bonds. The van der Waals surface area contributed by atoms with Crippen molar-refractivity contribution in [3.05, 3.63) is 20.8 Å². The van der Waals surface area contributed by atoms with Gasteiger partial charge in [0, 0.05) is 0 Å². The molecule has 0 saturated carbocycles. The summed E-state index contributed by atoms with van der Waals surface area (Å²) in [5, 5.41) is 21.9. The standard InChI is InChI=1S/3C2H3O2.Co.N/c3*1-2(3)4;;/h3*1H2,(H,3,4);;/q3*-1;;.